The molecule has 0 spiro atoms. The van der Waals surface area contributed by atoms with Crippen LogP contribution in [0.3, 0.4) is 0 Å². The molecule has 0 saturated heterocycles. The molecule has 0 radical (unpaired) electrons. The molecule has 1 aromatic heterocycles. The first-order valence-electron chi connectivity index (χ1n) is 10.4. The van der Waals surface area contributed by atoms with E-state index in [1.165, 1.54) is 6.07 Å². The maximum absolute atomic E-state index is 13.0. The standard InChI is InChI=1S/C27H22ClNO4/c1-17-8-9-18(2)25(14-17)32-16-21-11-13-24(33-21)27(31)29-23-12-10-20(28)15-22(23)26(30)19-6-4-3-5-7-19/h3-15H,16H2,1-2H3,(H,29,31). The summed E-state index contributed by atoms with van der Waals surface area (Å²) in [5, 5.41) is 3.15. The molecule has 4 aromatic rings. The highest BCUT2D eigenvalue weighted by molar-refractivity contribution is 6.31. The van der Waals surface area contributed by atoms with Crippen LogP contribution in [0.2, 0.25) is 5.02 Å². The van der Waals surface area contributed by atoms with Gasteiger partial charge in [0, 0.05) is 16.1 Å². The Hall–Kier alpha value is -3.83. The van der Waals surface area contributed by atoms with Gasteiger partial charge in [-0.3, -0.25) is 9.59 Å². The SMILES string of the molecule is Cc1ccc(C)c(OCc2ccc(C(=O)Nc3ccc(Cl)cc3C(=O)c3ccccc3)o2)c1. The van der Waals surface area contributed by atoms with Gasteiger partial charge in [-0.2, -0.15) is 0 Å². The minimum absolute atomic E-state index is 0.114. The predicted molar refractivity (Wildman–Crippen MR) is 128 cm³/mol. The number of anilines is 1. The molecule has 0 aliphatic rings. The predicted octanol–water partition coefficient (Wildman–Crippen LogP) is 6.61. The van der Waals surface area contributed by atoms with E-state index in [1.54, 1.807) is 48.5 Å². The molecular formula is C27H22ClNO4. The van der Waals surface area contributed by atoms with Crippen LogP contribution in [0.1, 0.15) is 43.4 Å². The molecule has 1 amide bonds. The molecule has 33 heavy (non-hydrogen) atoms. The van der Waals surface area contributed by atoms with Crippen LogP contribution in [0.15, 0.2) is 83.3 Å². The van der Waals surface area contributed by atoms with Crippen LogP contribution in [0.5, 0.6) is 5.75 Å². The van der Waals surface area contributed by atoms with Gasteiger partial charge in [0.05, 0.1) is 5.69 Å². The van der Waals surface area contributed by atoms with Gasteiger partial charge < -0.3 is 14.5 Å². The van der Waals surface area contributed by atoms with Crippen LogP contribution < -0.4 is 10.1 Å². The van der Waals surface area contributed by atoms with Crippen molar-refractivity contribution in [2.75, 3.05) is 5.32 Å². The number of rotatable bonds is 7. The number of carbonyl (C=O) groups is 2. The topological polar surface area (TPSA) is 68.5 Å². The molecule has 0 unspecified atom stereocenters. The summed E-state index contributed by atoms with van der Waals surface area (Å²) < 4.78 is 11.5. The maximum Gasteiger partial charge on any atom is 0.291 e. The summed E-state index contributed by atoms with van der Waals surface area (Å²) in [4.78, 5) is 25.8. The van der Waals surface area contributed by atoms with Gasteiger partial charge in [-0.1, -0.05) is 54.1 Å². The van der Waals surface area contributed by atoms with Crippen molar-refractivity contribution in [3.63, 3.8) is 0 Å². The number of aryl methyl sites for hydroxylation is 2. The van der Waals surface area contributed by atoms with Crippen LogP contribution in [-0.2, 0) is 6.61 Å². The number of ether oxygens (including phenoxy) is 1. The van der Waals surface area contributed by atoms with E-state index in [1.807, 2.05) is 38.1 Å². The summed E-state index contributed by atoms with van der Waals surface area (Å²) in [6, 6.07) is 22.8. The first-order chi connectivity index (χ1) is 15.9. The largest absolute Gasteiger partial charge is 0.485 e. The smallest absolute Gasteiger partial charge is 0.291 e. The van der Waals surface area contributed by atoms with E-state index in [9.17, 15) is 9.59 Å². The van der Waals surface area contributed by atoms with Crippen LogP contribution in [-0.4, -0.2) is 11.7 Å². The van der Waals surface area contributed by atoms with Crippen molar-refractivity contribution in [3.05, 3.63) is 118 Å². The highest BCUT2D eigenvalue weighted by Crippen LogP contribution is 2.25. The first kappa shape index (κ1) is 22.4. The Kier molecular flexibility index (Phi) is 6.61. The highest BCUT2D eigenvalue weighted by atomic mass is 35.5. The summed E-state index contributed by atoms with van der Waals surface area (Å²) in [5.74, 6) is 0.677. The van der Waals surface area contributed by atoms with E-state index in [2.05, 4.69) is 5.32 Å². The Morgan fingerprint density at radius 2 is 1.73 bits per heavy atom. The third kappa shape index (κ3) is 5.33. The molecule has 0 aliphatic carbocycles. The van der Waals surface area contributed by atoms with Crippen LogP contribution in [0.4, 0.5) is 5.69 Å². The molecule has 0 aliphatic heterocycles. The summed E-state index contributed by atoms with van der Waals surface area (Å²) in [7, 11) is 0. The summed E-state index contributed by atoms with van der Waals surface area (Å²) in [5.41, 5.74) is 3.26. The fourth-order valence-corrected chi connectivity index (χ4v) is 3.50. The number of nitrogens with one attached hydrogen (secondary N) is 1. The lowest BCUT2D eigenvalue weighted by Gasteiger charge is -2.11. The van der Waals surface area contributed by atoms with E-state index in [4.69, 9.17) is 20.8 Å². The number of amides is 1. The summed E-state index contributed by atoms with van der Waals surface area (Å²) >= 11 is 6.11. The number of halogens is 1. The van der Waals surface area contributed by atoms with Crippen molar-refractivity contribution in [1.29, 1.82) is 0 Å². The zero-order valence-electron chi connectivity index (χ0n) is 18.2. The lowest BCUT2D eigenvalue weighted by Crippen LogP contribution is -2.14. The van der Waals surface area contributed by atoms with Crippen LogP contribution in [0.25, 0.3) is 0 Å². The monoisotopic (exact) mass is 459 g/mol. The molecule has 5 nitrogen and oxygen atoms in total. The minimum atomic E-state index is -0.475. The molecule has 0 bridgehead atoms. The van der Waals surface area contributed by atoms with Gasteiger partial charge in [-0.25, -0.2) is 0 Å². The fraction of sp³-hybridized carbons (Fsp3) is 0.111. The number of benzene rings is 3. The molecule has 0 fully saturated rings. The number of carbonyl (C=O) groups excluding carboxylic acids is 2. The highest BCUT2D eigenvalue weighted by Gasteiger charge is 2.18. The molecule has 166 valence electrons. The Morgan fingerprint density at radius 1 is 0.939 bits per heavy atom. The van der Waals surface area contributed by atoms with E-state index < -0.39 is 5.91 Å². The van der Waals surface area contributed by atoms with Crippen molar-refractivity contribution in [2.45, 2.75) is 20.5 Å². The summed E-state index contributed by atoms with van der Waals surface area (Å²) in [6.45, 7) is 4.15. The van der Waals surface area contributed by atoms with Gasteiger partial charge in [0.25, 0.3) is 5.91 Å². The zero-order chi connectivity index (χ0) is 23.4. The lowest BCUT2D eigenvalue weighted by molar-refractivity contribution is 0.0992. The van der Waals surface area contributed by atoms with E-state index in [0.29, 0.717) is 27.6 Å². The van der Waals surface area contributed by atoms with E-state index in [0.717, 1.165) is 16.9 Å². The molecule has 6 heteroatoms. The molecule has 1 N–H and O–H groups in total. The van der Waals surface area contributed by atoms with Gasteiger partial charge in [0.1, 0.15) is 18.1 Å². The first-order valence-corrected chi connectivity index (χ1v) is 10.8. The number of ketones is 1. The quantitative estimate of drug-likeness (QED) is 0.315. The maximum atomic E-state index is 13.0. The van der Waals surface area contributed by atoms with Gasteiger partial charge in [0.2, 0.25) is 0 Å². The second-order valence-electron chi connectivity index (χ2n) is 7.66. The third-order valence-corrected chi connectivity index (χ3v) is 5.34. The van der Waals surface area contributed by atoms with Gasteiger partial charge in [-0.05, 0) is 61.4 Å². The normalized spacial score (nSPS) is 10.6. The van der Waals surface area contributed by atoms with E-state index >= 15 is 0 Å². The lowest BCUT2D eigenvalue weighted by atomic mass is 10.0. The Morgan fingerprint density at radius 3 is 2.52 bits per heavy atom. The van der Waals surface area contributed by atoms with Crippen LogP contribution in [0, 0.1) is 13.8 Å². The fourth-order valence-electron chi connectivity index (χ4n) is 3.33. The average Bonchev–Trinajstić information content (AvgIpc) is 3.30. The van der Waals surface area contributed by atoms with Gasteiger partial charge in [0.15, 0.2) is 11.5 Å². The third-order valence-electron chi connectivity index (χ3n) is 5.11. The van der Waals surface area contributed by atoms with Gasteiger partial charge >= 0.3 is 0 Å². The molecular weight excluding hydrogens is 438 g/mol. The molecule has 0 saturated carbocycles. The van der Waals surface area contributed by atoms with E-state index in [-0.39, 0.29) is 18.2 Å². The molecule has 1 heterocycles. The number of hydrogen-bond acceptors (Lipinski definition) is 4. The van der Waals surface area contributed by atoms with Gasteiger partial charge in [-0.15, -0.1) is 0 Å². The minimum Gasteiger partial charge on any atom is -0.485 e. The molecule has 0 atom stereocenters. The number of hydrogen-bond donors (Lipinski definition) is 1. The Bertz CT molecular complexity index is 1310. The average molecular weight is 460 g/mol. The van der Waals surface area contributed by atoms with Crippen molar-refractivity contribution in [1.82, 2.24) is 0 Å². The second kappa shape index (κ2) is 9.76. The molecule has 4 rings (SSSR count). The van der Waals surface area contributed by atoms with Crippen LogP contribution >= 0.6 is 11.6 Å². The molecule has 3 aromatic carbocycles. The number of furan rings is 1. The van der Waals surface area contributed by atoms with Crippen molar-refractivity contribution < 1.29 is 18.7 Å². The Balaban J connectivity index is 1.49. The zero-order valence-corrected chi connectivity index (χ0v) is 19.0. The second-order valence-corrected chi connectivity index (χ2v) is 8.10. The Labute approximate surface area is 197 Å². The van der Waals surface area contributed by atoms with Crippen molar-refractivity contribution in [3.8, 4) is 5.75 Å². The van der Waals surface area contributed by atoms with Crippen molar-refractivity contribution in [2.24, 2.45) is 0 Å². The summed E-state index contributed by atoms with van der Waals surface area (Å²) in [6.07, 6.45) is 0. The van der Waals surface area contributed by atoms with Crippen molar-refractivity contribution >= 4 is 29.0 Å².